The van der Waals surface area contributed by atoms with E-state index in [0.717, 1.165) is 43.6 Å². The SMILES string of the molecule is CCc1nn(CC)c(CC(=O)C2(CN)CCC2)c1Cl. The summed E-state index contributed by atoms with van der Waals surface area (Å²) in [7, 11) is 0. The predicted octanol–water partition coefficient (Wildman–Crippen LogP) is 2.36. The van der Waals surface area contributed by atoms with E-state index in [4.69, 9.17) is 17.3 Å². The number of nitrogens with zero attached hydrogens (tertiary/aromatic N) is 2. The Morgan fingerprint density at radius 2 is 2.16 bits per heavy atom. The van der Waals surface area contributed by atoms with Gasteiger partial charge in [-0.05, 0) is 26.2 Å². The maximum atomic E-state index is 12.5. The van der Waals surface area contributed by atoms with Crippen LogP contribution in [-0.4, -0.2) is 22.1 Å². The smallest absolute Gasteiger partial charge is 0.146 e. The summed E-state index contributed by atoms with van der Waals surface area (Å²) >= 11 is 6.34. The van der Waals surface area contributed by atoms with Crippen LogP contribution in [0.15, 0.2) is 0 Å². The second kappa shape index (κ2) is 5.63. The van der Waals surface area contributed by atoms with Gasteiger partial charge in [0.15, 0.2) is 0 Å². The molecule has 0 unspecified atom stereocenters. The lowest BCUT2D eigenvalue weighted by atomic mass is 9.65. The van der Waals surface area contributed by atoms with Gasteiger partial charge in [-0.3, -0.25) is 9.48 Å². The van der Waals surface area contributed by atoms with Crippen molar-refractivity contribution >= 4 is 17.4 Å². The first-order chi connectivity index (χ1) is 9.07. The van der Waals surface area contributed by atoms with Crippen molar-refractivity contribution in [3.8, 4) is 0 Å². The van der Waals surface area contributed by atoms with Crippen molar-refractivity contribution in [3.63, 3.8) is 0 Å². The van der Waals surface area contributed by atoms with E-state index < -0.39 is 0 Å². The molecule has 106 valence electrons. The van der Waals surface area contributed by atoms with Crippen LogP contribution in [0.3, 0.4) is 0 Å². The Hall–Kier alpha value is -0.870. The van der Waals surface area contributed by atoms with Crippen molar-refractivity contribution in [2.75, 3.05) is 6.54 Å². The Balaban J connectivity index is 2.23. The van der Waals surface area contributed by atoms with Crippen LogP contribution in [0.25, 0.3) is 0 Å². The first-order valence-corrected chi connectivity index (χ1v) is 7.43. The summed E-state index contributed by atoms with van der Waals surface area (Å²) in [5.74, 6) is 0.223. The van der Waals surface area contributed by atoms with Gasteiger partial charge in [-0.15, -0.1) is 0 Å². The molecule has 0 spiro atoms. The van der Waals surface area contributed by atoms with Gasteiger partial charge in [0, 0.05) is 18.5 Å². The number of hydrogen-bond acceptors (Lipinski definition) is 3. The Kier molecular flexibility index (Phi) is 4.31. The van der Waals surface area contributed by atoms with Crippen molar-refractivity contribution < 1.29 is 4.79 Å². The Morgan fingerprint density at radius 3 is 2.58 bits per heavy atom. The number of aromatic nitrogens is 2. The van der Waals surface area contributed by atoms with E-state index in [-0.39, 0.29) is 11.2 Å². The third-order valence-corrected chi connectivity index (χ3v) is 4.75. The summed E-state index contributed by atoms with van der Waals surface area (Å²) in [4.78, 5) is 12.5. The maximum Gasteiger partial charge on any atom is 0.146 e. The minimum absolute atomic E-state index is 0.223. The van der Waals surface area contributed by atoms with Crippen molar-refractivity contribution in [3.05, 3.63) is 16.4 Å². The largest absolute Gasteiger partial charge is 0.329 e. The fourth-order valence-corrected chi connectivity index (χ4v) is 3.06. The zero-order valence-corrected chi connectivity index (χ0v) is 12.5. The van der Waals surface area contributed by atoms with E-state index in [2.05, 4.69) is 5.10 Å². The summed E-state index contributed by atoms with van der Waals surface area (Å²) < 4.78 is 1.85. The minimum Gasteiger partial charge on any atom is -0.329 e. The van der Waals surface area contributed by atoms with Gasteiger partial charge in [-0.25, -0.2) is 0 Å². The molecule has 4 nitrogen and oxygen atoms in total. The average Bonchev–Trinajstić information content (AvgIpc) is 2.65. The molecule has 1 aliphatic rings. The number of rotatable bonds is 6. The number of ketones is 1. The topological polar surface area (TPSA) is 60.9 Å². The molecule has 0 aromatic carbocycles. The molecule has 0 saturated heterocycles. The van der Waals surface area contributed by atoms with Crippen molar-refractivity contribution in [1.82, 2.24) is 9.78 Å². The van der Waals surface area contributed by atoms with Gasteiger partial charge in [-0.2, -0.15) is 5.10 Å². The number of halogens is 1. The number of hydrogen-bond donors (Lipinski definition) is 1. The van der Waals surface area contributed by atoms with Gasteiger partial charge in [0.05, 0.1) is 22.8 Å². The van der Waals surface area contributed by atoms with Gasteiger partial charge in [0.2, 0.25) is 0 Å². The lowest BCUT2D eigenvalue weighted by molar-refractivity contribution is -0.132. The van der Waals surface area contributed by atoms with E-state index in [1.54, 1.807) is 0 Å². The van der Waals surface area contributed by atoms with Crippen LogP contribution in [0.1, 0.15) is 44.5 Å². The van der Waals surface area contributed by atoms with Crippen LogP contribution < -0.4 is 5.73 Å². The van der Waals surface area contributed by atoms with Gasteiger partial charge >= 0.3 is 0 Å². The average molecular weight is 284 g/mol. The van der Waals surface area contributed by atoms with Crippen LogP contribution in [-0.2, 0) is 24.2 Å². The number of Topliss-reactive ketones (excluding diaryl/α,β-unsaturated/α-hetero) is 1. The van der Waals surface area contributed by atoms with Gasteiger partial charge < -0.3 is 5.73 Å². The third-order valence-electron chi connectivity index (χ3n) is 4.32. The molecule has 1 aromatic heterocycles. The van der Waals surface area contributed by atoms with Crippen LogP contribution in [0.5, 0.6) is 0 Å². The Bertz CT molecular complexity index is 472. The zero-order chi connectivity index (χ0) is 14.0. The van der Waals surface area contributed by atoms with E-state index in [9.17, 15) is 4.79 Å². The number of aryl methyl sites for hydroxylation is 2. The van der Waals surface area contributed by atoms with E-state index in [1.807, 2.05) is 18.5 Å². The summed E-state index contributed by atoms with van der Waals surface area (Å²) in [5, 5.41) is 5.11. The number of carbonyl (C=O) groups excluding carboxylic acids is 1. The van der Waals surface area contributed by atoms with Crippen molar-refractivity contribution in [2.24, 2.45) is 11.1 Å². The molecule has 1 heterocycles. The molecule has 1 aliphatic carbocycles. The second-order valence-corrected chi connectivity index (χ2v) is 5.69. The van der Waals surface area contributed by atoms with E-state index >= 15 is 0 Å². The highest BCUT2D eigenvalue weighted by Gasteiger charge is 2.42. The molecule has 1 fully saturated rings. The highest BCUT2D eigenvalue weighted by Crippen LogP contribution is 2.42. The third kappa shape index (κ3) is 2.43. The number of nitrogens with two attached hydrogens (primary N) is 1. The van der Waals surface area contributed by atoms with E-state index in [0.29, 0.717) is 18.0 Å². The molecule has 0 bridgehead atoms. The minimum atomic E-state index is -0.293. The highest BCUT2D eigenvalue weighted by molar-refractivity contribution is 6.32. The quantitative estimate of drug-likeness (QED) is 0.872. The normalized spacial score (nSPS) is 17.3. The van der Waals surface area contributed by atoms with Crippen LogP contribution in [0, 0.1) is 5.41 Å². The van der Waals surface area contributed by atoms with Crippen LogP contribution in [0.4, 0.5) is 0 Å². The Labute approximate surface area is 119 Å². The fourth-order valence-electron chi connectivity index (χ4n) is 2.73. The second-order valence-electron chi connectivity index (χ2n) is 5.31. The standard InChI is InChI=1S/C14H22ClN3O/c1-3-10-13(15)11(18(4-2)17-10)8-12(19)14(9-16)6-5-7-14/h3-9,16H2,1-2H3. The van der Waals surface area contributed by atoms with Gasteiger partial charge in [-0.1, -0.05) is 24.9 Å². The molecule has 2 N–H and O–H groups in total. The molecule has 19 heavy (non-hydrogen) atoms. The molecular weight excluding hydrogens is 262 g/mol. The zero-order valence-electron chi connectivity index (χ0n) is 11.7. The number of carbonyl (C=O) groups is 1. The first-order valence-electron chi connectivity index (χ1n) is 7.05. The highest BCUT2D eigenvalue weighted by atomic mass is 35.5. The van der Waals surface area contributed by atoms with Crippen molar-refractivity contribution in [1.29, 1.82) is 0 Å². The summed E-state index contributed by atoms with van der Waals surface area (Å²) in [6.07, 6.45) is 4.08. The van der Waals surface area contributed by atoms with Crippen LogP contribution in [0.2, 0.25) is 5.02 Å². The molecule has 0 aliphatic heterocycles. The predicted molar refractivity (Wildman–Crippen MR) is 76.3 cm³/mol. The molecule has 0 atom stereocenters. The lowest BCUT2D eigenvalue weighted by Crippen LogP contribution is -2.45. The molecule has 5 heteroatoms. The molecular formula is C14H22ClN3O. The summed E-state index contributed by atoms with van der Waals surface area (Å²) in [5.41, 5.74) is 7.22. The molecule has 1 saturated carbocycles. The summed E-state index contributed by atoms with van der Waals surface area (Å²) in [6, 6.07) is 0. The monoisotopic (exact) mass is 283 g/mol. The first kappa shape index (κ1) is 14.5. The van der Waals surface area contributed by atoms with Crippen molar-refractivity contribution in [2.45, 2.75) is 52.5 Å². The van der Waals surface area contributed by atoms with Crippen LogP contribution >= 0.6 is 11.6 Å². The van der Waals surface area contributed by atoms with Gasteiger partial charge in [0.25, 0.3) is 0 Å². The molecule has 1 aromatic rings. The molecule has 0 amide bonds. The summed E-state index contributed by atoms with van der Waals surface area (Å²) in [6.45, 7) is 5.22. The fraction of sp³-hybridized carbons (Fsp3) is 0.714. The Morgan fingerprint density at radius 1 is 1.47 bits per heavy atom. The lowest BCUT2D eigenvalue weighted by Gasteiger charge is -2.39. The van der Waals surface area contributed by atoms with Gasteiger partial charge in [0.1, 0.15) is 5.78 Å². The molecule has 2 rings (SSSR count). The molecule has 0 radical (unpaired) electrons. The maximum absolute atomic E-state index is 12.5. The van der Waals surface area contributed by atoms with E-state index in [1.165, 1.54) is 0 Å².